The van der Waals surface area contributed by atoms with Crippen LogP contribution < -0.4 is 58.5 Å². The molecule has 0 radical (unpaired) electrons. The summed E-state index contributed by atoms with van der Waals surface area (Å²) in [5.74, 6) is -3.91. The van der Waals surface area contributed by atoms with Crippen molar-refractivity contribution in [3.8, 4) is 0 Å². The summed E-state index contributed by atoms with van der Waals surface area (Å²) >= 11 is 0. The van der Waals surface area contributed by atoms with Gasteiger partial charge in [0.05, 0.1) is 78.3 Å². The summed E-state index contributed by atoms with van der Waals surface area (Å²) in [6, 6.07) is -3.30. The van der Waals surface area contributed by atoms with Crippen LogP contribution in [0.15, 0.2) is 0 Å². The second-order valence-electron chi connectivity index (χ2n) is 31.1. The van der Waals surface area contributed by atoms with E-state index >= 15 is 0 Å². The van der Waals surface area contributed by atoms with Crippen molar-refractivity contribution in [3.63, 3.8) is 0 Å². The maximum Gasteiger partial charge on any atom is 0.222 e. The number of carbonyl (C=O) groups is 11. The Hall–Kier alpha value is -6.67. The summed E-state index contributed by atoms with van der Waals surface area (Å²) in [6.45, 7) is 2.16. The monoisotopic (exact) mass is 1760 g/mol. The van der Waals surface area contributed by atoms with E-state index in [-0.39, 0.29) is 210 Å². The van der Waals surface area contributed by atoms with Gasteiger partial charge in [-0.25, -0.2) is 0 Å². The van der Waals surface area contributed by atoms with E-state index < -0.39 is 147 Å². The highest BCUT2D eigenvalue weighted by Gasteiger charge is 2.48. The molecule has 4 rings (SSSR count). The standard InChI is InChI=1S/C79H141N11O32/c1-50(95)87-67-73(110)70(107)56(44-92)120-76(67)116-35-15-12-22-59(99)80-29-18-32-83-63(103)26-38-113-47-79(90-66(106)25-11-9-7-5-4-6-8-10-21-62(102)86-42-53-41-54(98)55(43-91)119-53,48-114-39-27-64(104)84-33-19-30-81-60(100)23-13-16-36-117-77-68(88-51(2)96)74(111)71(108)57(45-93)121-77)49-115-40-28-65(105)85-34-20-31-82-61(101)24-14-17-37-118-78-69(89-52(3)97)75(112)72(109)58(46-94)122-78/h53-58,67-78,91-94,98,107-112H,4-49H2,1-3H3,(H,80,99)(H,81,100)(H,82,101)(H,83,103)(H,84,104)(H,85,105)(H,86,102)(H,87,95)(H,88,96)(H,89,97)(H,90,106). The number of hydrogen-bond acceptors (Lipinski definition) is 32. The maximum absolute atomic E-state index is 14.0. The van der Waals surface area contributed by atoms with E-state index in [1.54, 1.807) is 0 Å². The summed E-state index contributed by atoms with van der Waals surface area (Å²) in [6.07, 6.45) is -6.91. The molecule has 4 aliphatic heterocycles. The van der Waals surface area contributed by atoms with E-state index in [9.17, 15) is 109 Å². The molecule has 43 heteroatoms. The van der Waals surface area contributed by atoms with E-state index in [2.05, 4.69) is 58.5 Å². The van der Waals surface area contributed by atoms with E-state index in [4.69, 9.17) is 47.4 Å². The molecule has 18 unspecified atom stereocenters. The highest BCUT2D eigenvalue weighted by molar-refractivity contribution is 5.79. The van der Waals surface area contributed by atoms with Crippen LogP contribution in [0.5, 0.6) is 0 Å². The summed E-state index contributed by atoms with van der Waals surface area (Å²) in [7, 11) is 0. The Morgan fingerprint density at radius 3 is 0.869 bits per heavy atom. The molecular weight excluding hydrogens is 1610 g/mol. The van der Waals surface area contributed by atoms with Crippen LogP contribution >= 0.6 is 0 Å². The molecule has 0 bridgehead atoms. The Kier molecular flexibility index (Phi) is 55.1. The normalized spacial score (nSPS) is 25.6. The third-order valence-electron chi connectivity index (χ3n) is 20.5. The first-order chi connectivity index (χ1) is 58.5. The van der Waals surface area contributed by atoms with Crippen molar-refractivity contribution in [2.75, 3.05) is 132 Å². The van der Waals surface area contributed by atoms with Crippen molar-refractivity contribution >= 4 is 65.0 Å². The molecule has 704 valence electrons. The zero-order chi connectivity index (χ0) is 89.6. The van der Waals surface area contributed by atoms with Crippen molar-refractivity contribution < 1.29 is 156 Å². The van der Waals surface area contributed by atoms with Crippen molar-refractivity contribution in [1.29, 1.82) is 0 Å². The first-order valence-corrected chi connectivity index (χ1v) is 42.9. The fourth-order valence-electron chi connectivity index (χ4n) is 13.7. The first kappa shape index (κ1) is 108. The zero-order valence-corrected chi connectivity index (χ0v) is 70.9. The summed E-state index contributed by atoms with van der Waals surface area (Å²) in [5, 5.41) is 141. The molecule has 22 N–H and O–H groups in total. The van der Waals surface area contributed by atoms with Crippen molar-refractivity contribution in [1.82, 2.24) is 58.5 Å². The van der Waals surface area contributed by atoms with Crippen LogP contribution in [0.4, 0.5) is 0 Å². The molecular formula is C79H141N11O32. The van der Waals surface area contributed by atoms with Gasteiger partial charge in [-0.3, -0.25) is 52.7 Å². The molecule has 0 aromatic carbocycles. The quantitative estimate of drug-likeness (QED) is 0.0252. The second-order valence-corrected chi connectivity index (χ2v) is 31.1. The number of aliphatic hydroxyl groups excluding tert-OH is 11. The number of rotatable bonds is 66. The van der Waals surface area contributed by atoms with Gasteiger partial charge in [0.25, 0.3) is 0 Å². The molecule has 18 atom stereocenters. The molecule has 122 heavy (non-hydrogen) atoms. The van der Waals surface area contributed by atoms with Gasteiger partial charge in [-0.2, -0.15) is 0 Å². The molecule has 0 saturated carbocycles. The van der Waals surface area contributed by atoms with Gasteiger partial charge in [-0.15, -0.1) is 0 Å². The molecule has 4 fully saturated rings. The predicted octanol–water partition coefficient (Wildman–Crippen LogP) is -6.15. The van der Waals surface area contributed by atoms with Gasteiger partial charge in [-0.05, 0) is 70.6 Å². The molecule has 43 nitrogen and oxygen atoms in total. The molecule has 4 heterocycles. The average molecular weight is 1760 g/mol. The third-order valence-corrected chi connectivity index (χ3v) is 20.5. The van der Waals surface area contributed by atoms with E-state index in [0.717, 1.165) is 38.5 Å². The van der Waals surface area contributed by atoms with Gasteiger partial charge in [0.15, 0.2) is 18.9 Å². The fourth-order valence-corrected chi connectivity index (χ4v) is 13.7. The molecule has 0 aliphatic carbocycles. The predicted molar refractivity (Wildman–Crippen MR) is 430 cm³/mol. The van der Waals surface area contributed by atoms with Crippen LogP contribution in [0.2, 0.25) is 0 Å². The highest BCUT2D eigenvalue weighted by Crippen LogP contribution is 2.27. The van der Waals surface area contributed by atoms with Gasteiger partial charge in [0.2, 0.25) is 65.0 Å². The van der Waals surface area contributed by atoms with Crippen LogP contribution in [-0.4, -0.2) is 369 Å². The van der Waals surface area contributed by atoms with Crippen molar-refractivity contribution in [3.05, 3.63) is 0 Å². The zero-order valence-electron chi connectivity index (χ0n) is 70.9. The number of hydrogen-bond donors (Lipinski definition) is 22. The average Bonchev–Trinajstić information content (AvgIpc) is 0.862. The lowest BCUT2D eigenvalue weighted by molar-refractivity contribution is -0.270. The van der Waals surface area contributed by atoms with Crippen LogP contribution in [0, 0.1) is 0 Å². The number of ether oxygens (including phenoxy) is 10. The highest BCUT2D eigenvalue weighted by atomic mass is 16.7. The SMILES string of the molecule is CC(=O)NC1C(OCCCCC(=O)NCCCNC(=O)CCOCC(COCCC(=O)NCCCNC(=O)CCCCOC2OC(CO)C(O)C(O)C2NC(C)=O)(COCCC(=O)NCCCNC(=O)CCCCOC2OC(CO)C(O)C(O)C2NC(C)=O)NC(=O)CCCCCCCCCCC(=O)NCC2CC(O)C(CO)O2)OC(CO)C(O)C1O. The molecule has 4 aliphatic rings. The van der Waals surface area contributed by atoms with Crippen molar-refractivity contribution in [2.24, 2.45) is 0 Å². The minimum Gasteiger partial charge on any atom is -0.394 e. The van der Waals surface area contributed by atoms with Gasteiger partial charge >= 0.3 is 0 Å². The van der Waals surface area contributed by atoms with Crippen molar-refractivity contribution in [2.45, 2.75) is 303 Å². The molecule has 11 amide bonds. The lowest BCUT2D eigenvalue weighted by Gasteiger charge is -2.42. The smallest absolute Gasteiger partial charge is 0.222 e. The number of carbonyl (C=O) groups excluding carboxylic acids is 11. The first-order valence-electron chi connectivity index (χ1n) is 42.9. The minimum absolute atomic E-state index is 0.0708. The lowest BCUT2D eigenvalue weighted by Crippen LogP contribution is -2.64. The number of amides is 11. The number of aliphatic hydroxyl groups is 11. The van der Waals surface area contributed by atoms with Gasteiger partial charge in [0.1, 0.15) is 84.7 Å². The topological polar surface area (TPSA) is 635 Å². The Labute approximate surface area is 712 Å². The van der Waals surface area contributed by atoms with Crippen LogP contribution in [0.25, 0.3) is 0 Å². The van der Waals surface area contributed by atoms with Crippen LogP contribution in [0.3, 0.4) is 0 Å². The van der Waals surface area contributed by atoms with Crippen LogP contribution in [0.1, 0.15) is 188 Å². The summed E-state index contributed by atoms with van der Waals surface area (Å²) < 4.78 is 57.8. The van der Waals surface area contributed by atoms with E-state index in [1.807, 2.05) is 0 Å². The minimum atomic E-state index is -1.47. The Bertz CT molecular complexity index is 2790. The Balaban J connectivity index is 1.29. The Morgan fingerprint density at radius 2 is 0.582 bits per heavy atom. The maximum atomic E-state index is 14.0. The number of unbranched alkanes of at least 4 members (excludes halogenated alkanes) is 10. The van der Waals surface area contributed by atoms with Gasteiger partial charge in [-0.1, -0.05) is 38.5 Å². The largest absolute Gasteiger partial charge is 0.394 e. The van der Waals surface area contributed by atoms with E-state index in [1.165, 1.54) is 20.8 Å². The summed E-state index contributed by atoms with van der Waals surface area (Å²) in [5.41, 5.74) is -1.44. The molecule has 0 spiro atoms. The van der Waals surface area contributed by atoms with Gasteiger partial charge < -0.3 is 162 Å². The van der Waals surface area contributed by atoms with Gasteiger partial charge in [0, 0.05) is 144 Å². The number of nitrogens with one attached hydrogen (secondary N) is 11. The second kappa shape index (κ2) is 62.5. The molecule has 4 saturated heterocycles. The van der Waals surface area contributed by atoms with Crippen LogP contribution in [-0.2, 0) is 100 Å². The molecule has 0 aromatic heterocycles. The van der Waals surface area contributed by atoms with E-state index in [0.29, 0.717) is 83.5 Å². The third kappa shape index (κ3) is 44.0. The molecule has 0 aromatic rings. The Morgan fingerprint density at radius 1 is 0.311 bits per heavy atom. The lowest BCUT2D eigenvalue weighted by atomic mass is 9.97. The summed E-state index contributed by atoms with van der Waals surface area (Å²) in [4.78, 5) is 139. The fraction of sp³-hybridized carbons (Fsp3) is 0.861.